The first-order chi connectivity index (χ1) is 6.75. The monoisotopic (exact) mass is 192 g/mol. The van der Waals surface area contributed by atoms with Crippen molar-refractivity contribution < 1.29 is 14.6 Å². The summed E-state index contributed by atoms with van der Waals surface area (Å²) in [5.74, 6) is -0.557. The van der Waals surface area contributed by atoms with Crippen molar-refractivity contribution in [1.82, 2.24) is 9.97 Å². The molecule has 2 N–H and O–H groups in total. The first-order valence-corrected chi connectivity index (χ1v) is 4.03. The van der Waals surface area contributed by atoms with Crippen LogP contribution >= 0.6 is 0 Å². The molecule has 0 spiro atoms. The van der Waals surface area contributed by atoms with Crippen LogP contribution in [0.15, 0.2) is 24.5 Å². The average Bonchev–Trinajstić information content (AvgIpc) is 2.61. The second-order valence-electron chi connectivity index (χ2n) is 2.76. The van der Waals surface area contributed by atoms with E-state index in [1.54, 1.807) is 12.3 Å². The molecular weight excluding hydrogens is 184 g/mol. The van der Waals surface area contributed by atoms with E-state index in [2.05, 4.69) is 9.97 Å². The first-order valence-electron chi connectivity index (χ1n) is 4.03. The van der Waals surface area contributed by atoms with E-state index in [9.17, 15) is 4.79 Å². The summed E-state index contributed by atoms with van der Waals surface area (Å²) in [7, 11) is 0. The molecule has 0 aliphatic carbocycles. The fourth-order valence-electron chi connectivity index (χ4n) is 1.14. The van der Waals surface area contributed by atoms with Crippen molar-refractivity contribution in [2.24, 2.45) is 0 Å². The molecule has 2 rings (SSSR count). The van der Waals surface area contributed by atoms with E-state index in [0.29, 0.717) is 5.75 Å². The number of hydrogen-bond acceptors (Lipinski definition) is 3. The molecule has 0 saturated carbocycles. The van der Waals surface area contributed by atoms with E-state index in [1.807, 2.05) is 6.07 Å². The molecule has 5 heteroatoms. The Labute approximate surface area is 79.3 Å². The van der Waals surface area contributed by atoms with Crippen LogP contribution in [0.1, 0.15) is 0 Å². The molecule has 2 aromatic heterocycles. The standard InChI is InChI=1S/C9H8N2O3/c12-9(13)5-14-6-3-8-7(11-4-6)1-2-10-8/h1-4,10H,5H2,(H,12,13). The molecule has 0 bridgehead atoms. The van der Waals surface area contributed by atoms with Crippen LogP contribution in [-0.4, -0.2) is 27.7 Å². The molecule has 14 heavy (non-hydrogen) atoms. The Morgan fingerprint density at radius 3 is 3.29 bits per heavy atom. The van der Waals surface area contributed by atoms with Crippen LogP contribution in [0.5, 0.6) is 5.75 Å². The fourth-order valence-corrected chi connectivity index (χ4v) is 1.14. The highest BCUT2D eigenvalue weighted by Crippen LogP contribution is 2.16. The summed E-state index contributed by atoms with van der Waals surface area (Å²) in [5.41, 5.74) is 1.65. The maximum atomic E-state index is 10.2. The van der Waals surface area contributed by atoms with E-state index in [1.165, 1.54) is 6.20 Å². The van der Waals surface area contributed by atoms with Gasteiger partial charge in [0, 0.05) is 12.3 Å². The van der Waals surface area contributed by atoms with Crippen molar-refractivity contribution >= 4 is 17.0 Å². The zero-order valence-corrected chi connectivity index (χ0v) is 7.23. The highest BCUT2D eigenvalue weighted by atomic mass is 16.5. The van der Waals surface area contributed by atoms with Crippen molar-refractivity contribution in [3.05, 3.63) is 24.5 Å². The third-order valence-electron chi connectivity index (χ3n) is 1.74. The van der Waals surface area contributed by atoms with Crippen LogP contribution in [0.4, 0.5) is 0 Å². The minimum Gasteiger partial charge on any atom is -0.480 e. The summed E-state index contributed by atoms with van der Waals surface area (Å²) < 4.78 is 4.96. The van der Waals surface area contributed by atoms with Gasteiger partial charge in [0.05, 0.1) is 17.2 Å². The Balaban J connectivity index is 2.21. The van der Waals surface area contributed by atoms with Gasteiger partial charge in [-0.15, -0.1) is 0 Å². The number of nitrogens with one attached hydrogen (secondary N) is 1. The molecule has 0 saturated heterocycles. The number of aromatic nitrogens is 2. The van der Waals surface area contributed by atoms with Crippen LogP contribution in [0.2, 0.25) is 0 Å². The lowest BCUT2D eigenvalue weighted by Gasteiger charge is -2.01. The largest absolute Gasteiger partial charge is 0.480 e. The number of fused-ring (bicyclic) bond motifs is 1. The normalized spacial score (nSPS) is 10.3. The van der Waals surface area contributed by atoms with Crippen molar-refractivity contribution in [3.63, 3.8) is 0 Å². The number of carbonyl (C=O) groups is 1. The van der Waals surface area contributed by atoms with Gasteiger partial charge in [0.2, 0.25) is 0 Å². The van der Waals surface area contributed by atoms with Crippen molar-refractivity contribution in [2.75, 3.05) is 6.61 Å². The minimum atomic E-state index is -1.00. The molecule has 0 fully saturated rings. The van der Waals surface area contributed by atoms with Gasteiger partial charge in [-0.05, 0) is 6.07 Å². The number of nitrogens with zero attached hydrogens (tertiary/aromatic N) is 1. The molecule has 0 aliphatic heterocycles. The van der Waals surface area contributed by atoms with Crippen LogP contribution in [-0.2, 0) is 4.79 Å². The molecule has 72 valence electrons. The predicted molar refractivity (Wildman–Crippen MR) is 49.2 cm³/mol. The zero-order valence-electron chi connectivity index (χ0n) is 7.23. The smallest absolute Gasteiger partial charge is 0.341 e. The highest BCUT2D eigenvalue weighted by molar-refractivity contribution is 5.76. The van der Waals surface area contributed by atoms with Crippen LogP contribution in [0, 0.1) is 0 Å². The lowest BCUT2D eigenvalue weighted by atomic mass is 10.4. The number of aromatic amines is 1. The molecule has 2 heterocycles. The summed E-state index contributed by atoms with van der Waals surface area (Å²) >= 11 is 0. The number of pyridine rings is 1. The summed E-state index contributed by atoms with van der Waals surface area (Å²) in [6.07, 6.45) is 3.26. The Morgan fingerprint density at radius 2 is 2.50 bits per heavy atom. The molecule has 0 aliphatic rings. The van der Waals surface area contributed by atoms with Gasteiger partial charge in [0.1, 0.15) is 5.75 Å². The van der Waals surface area contributed by atoms with Gasteiger partial charge in [0.15, 0.2) is 6.61 Å². The number of carboxylic acid groups (broad SMARTS) is 1. The molecule has 5 nitrogen and oxygen atoms in total. The molecule has 0 aromatic carbocycles. The maximum Gasteiger partial charge on any atom is 0.341 e. The number of aliphatic carboxylic acids is 1. The number of hydrogen-bond donors (Lipinski definition) is 2. The van der Waals surface area contributed by atoms with Gasteiger partial charge >= 0.3 is 5.97 Å². The van der Waals surface area contributed by atoms with Crippen LogP contribution < -0.4 is 4.74 Å². The van der Waals surface area contributed by atoms with Gasteiger partial charge in [-0.1, -0.05) is 0 Å². The van der Waals surface area contributed by atoms with Gasteiger partial charge in [-0.2, -0.15) is 0 Å². The summed E-state index contributed by atoms with van der Waals surface area (Å²) in [5, 5.41) is 8.39. The van der Waals surface area contributed by atoms with Gasteiger partial charge in [-0.25, -0.2) is 4.79 Å². The third kappa shape index (κ3) is 1.66. The first kappa shape index (κ1) is 8.55. The number of H-pyrrole nitrogens is 1. The lowest BCUT2D eigenvalue weighted by molar-refractivity contribution is -0.139. The molecule has 0 atom stereocenters. The van der Waals surface area contributed by atoms with Crippen LogP contribution in [0.3, 0.4) is 0 Å². The molecule has 0 amide bonds. The molecule has 2 aromatic rings. The predicted octanol–water partition coefficient (Wildman–Crippen LogP) is 1.03. The Hall–Kier alpha value is -2.04. The summed E-state index contributed by atoms with van der Waals surface area (Å²) in [6, 6.07) is 3.54. The third-order valence-corrected chi connectivity index (χ3v) is 1.74. The fraction of sp³-hybridized carbons (Fsp3) is 0.111. The molecule has 0 unspecified atom stereocenters. The van der Waals surface area contributed by atoms with E-state index in [4.69, 9.17) is 9.84 Å². The Morgan fingerprint density at radius 1 is 1.64 bits per heavy atom. The lowest BCUT2D eigenvalue weighted by Crippen LogP contribution is -2.09. The van der Waals surface area contributed by atoms with Crippen molar-refractivity contribution in [3.8, 4) is 5.75 Å². The second kappa shape index (κ2) is 3.37. The van der Waals surface area contributed by atoms with Crippen molar-refractivity contribution in [2.45, 2.75) is 0 Å². The number of rotatable bonds is 3. The van der Waals surface area contributed by atoms with Crippen molar-refractivity contribution in [1.29, 1.82) is 0 Å². The van der Waals surface area contributed by atoms with E-state index >= 15 is 0 Å². The summed E-state index contributed by atoms with van der Waals surface area (Å²) in [4.78, 5) is 17.3. The molecular formula is C9H8N2O3. The van der Waals surface area contributed by atoms with Gasteiger partial charge in [-0.3, -0.25) is 4.98 Å². The number of carboxylic acids is 1. The molecule has 0 radical (unpaired) electrons. The Bertz CT molecular complexity index is 464. The topological polar surface area (TPSA) is 75.2 Å². The SMILES string of the molecule is O=C(O)COc1cnc2cc[nH]c2c1. The summed E-state index contributed by atoms with van der Waals surface area (Å²) in [6.45, 7) is -0.353. The quantitative estimate of drug-likeness (QED) is 0.761. The zero-order chi connectivity index (χ0) is 9.97. The van der Waals surface area contributed by atoms with E-state index in [-0.39, 0.29) is 6.61 Å². The van der Waals surface area contributed by atoms with Gasteiger partial charge in [0.25, 0.3) is 0 Å². The minimum absolute atomic E-state index is 0.353. The number of ether oxygens (including phenoxy) is 1. The van der Waals surface area contributed by atoms with Crippen LogP contribution in [0.25, 0.3) is 11.0 Å². The highest BCUT2D eigenvalue weighted by Gasteiger charge is 2.01. The Kier molecular flexibility index (Phi) is 2.06. The maximum absolute atomic E-state index is 10.2. The second-order valence-corrected chi connectivity index (χ2v) is 2.76. The average molecular weight is 192 g/mol. The van der Waals surface area contributed by atoms with E-state index < -0.39 is 5.97 Å². The van der Waals surface area contributed by atoms with Gasteiger partial charge < -0.3 is 14.8 Å². The van der Waals surface area contributed by atoms with E-state index in [0.717, 1.165) is 11.0 Å².